The molecule has 0 bridgehead atoms. The number of hydrogen-bond donors (Lipinski definition) is 1. The Labute approximate surface area is 64.2 Å². The second-order valence-electron chi connectivity index (χ2n) is 2.89. The quantitative estimate of drug-likeness (QED) is 0.592. The van der Waals surface area contributed by atoms with Gasteiger partial charge in [-0.1, -0.05) is 0 Å². The Morgan fingerprint density at radius 1 is 1.55 bits per heavy atom. The third kappa shape index (κ3) is 1.01. The van der Waals surface area contributed by atoms with Crippen LogP contribution in [0.3, 0.4) is 0 Å². The SMILES string of the molecule is NC1Cc2nccc(F)c2C1. The average Bonchev–Trinajstić information content (AvgIpc) is 2.31. The number of nitrogens with zero attached hydrogens (tertiary/aromatic N) is 1. The van der Waals surface area contributed by atoms with E-state index in [4.69, 9.17) is 5.73 Å². The van der Waals surface area contributed by atoms with Crippen LogP contribution >= 0.6 is 0 Å². The van der Waals surface area contributed by atoms with E-state index in [0.717, 1.165) is 5.69 Å². The van der Waals surface area contributed by atoms with Crippen molar-refractivity contribution < 1.29 is 4.39 Å². The van der Waals surface area contributed by atoms with Crippen molar-refractivity contribution in [3.63, 3.8) is 0 Å². The zero-order valence-electron chi connectivity index (χ0n) is 6.05. The zero-order valence-corrected chi connectivity index (χ0v) is 6.05. The van der Waals surface area contributed by atoms with Gasteiger partial charge in [0.05, 0.1) is 0 Å². The van der Waals surface area contributed by atoms with Gasteiger partial charge in [0.25, 0.3) is 0 Å². The first kappa shape index (κ1) is 6.73. The van der Waals surface area contributed by atoms with E-state index in [0.29, 0.717) is 18.4 Å². The molecule has 2 N–H and O–H groups in total. The van der Waals surface area contributed by atoms with Crippen LogP contribution in [0.2, 0.25) is 0 Å². The monoisotopic (exact) mass is 152 g/mol. The Kier molecular flexibility index (Phi) is 1.39. The van der Waals surface area contributed by atoms with Gasteiger partial charge in [-0.25, -0.2) is 4.39 Å². The van der Waals surface area contributed by atoms with Gasteiger partial charge < -0.3 is 5.73 Å². The molecular weight excluding hydrogens is 143 g/mol. The van der Waals surface area contributed by atoms with E-state index in [1.807, 2.05) is 0 Å². The van der Waals surface area contributed by atoms with Crippen molar-refractivity contribution >= 4 is 0 Å². The summed E-state index contributed by atoms with van der Waals surface area (Å²) in [6.45, 7) is 0. The molecule has 0 saturated heterocycles. The highest BCUT2D eigenvalue weighted by Gasteiger charge is 2.21. The summed E-state index contributed by atoms with van der Waals surface area (Å²) in [7, 11) is 0. The molecular formula is C8H9FN2. The molecule has 1 unspecified atom stereocenters. The highest BCUT2D eigenvalue weighted by molar-refractivity contribution is 5.28. The average molecular weight is 152 g/mol. The van der Waals surface area contributed by atoms with Crippen molar-refractivity contribution in [2.24, 2.45) is 5.73 Å². The Bertz CT molecular complexity index is 285. The standard InChI is InChI=1S/C8H9FN2/c9-7-1-2-11-8-4-5(10)3-6(7)8/h1-2,5H,3-4,10H2. The fourth-order valence-electron chi connectivity index (χ4n) is 1.48. The summed E-state index contributed by atoms with van der Waals surface area (Å²) in [5, 5.41) is 0. The predicted molar refractivity (Wildman–Crippen MR) is 39.6 cm³/mol. The maximum Gasteiger partial charge on any atom is 0.129 e. The highest BCUT2D eigenvalue weighted by Crippen LogP contribution is 2.20. The molecule has 0 spiro atoms. The minimum atomic E-state index is -0.164. The summed E-state index contributed by atoms with van der Waals surface area (Å²) in [6, 6.07) is 1.45. The molecule has 11 heavy (non-hydrogen) atoms. The van der Waals surface area contributed by atoms with Crippen LogP contribution < -0.4 is 5.73 Å². The van der Waals surface area contributed by atoms with Crippen LogP contribution in [-0.2, 0) is 12.8 Å². The number of halogens is 1. The molecule has 2 rings (SSSR count). The third-order valence-electron chi connectivity index (χ3n) is 2.01. The summed E-state index contributed by atoms with van der Waals surface area (Å²) in [5.74, 6) is -0.164. The Balaban J connectivity index is 2.49. The van der Waals surface area contributed by atoms with Gasteiger partial charge in [-0.15, -0.1) is 0 Å². The van der Waals surface area contributed by atoms with Crippen LogP contribution in [0.1, 0.15) is 11.3 Å². The van der Waals surface area contributed by atoms with Crippen molar-refractivity contribution in [1.29, 1.82) is 0 Å². The van der Waals surface area contributed by atoms with Crippen molar-refractivity contribution in [3.05, 3.63) is 29.3 Å². The van der Waals surface area contributed by atoms with Gasteiger partial charge in [0, 0.05) is 29.9 Å². The van der Waals surface area contributed by atoms with E-state index < -0.39 is 0 Å². The number of aromatic nitrogens is 1. The maximum absolute atomic E-state index is 13.0. The molecule has 0 amide bonds. The smallest absolute Gasteiger partial charge is 0.129 e. The summed E-state index contributed by atoms with van der Waals surface area (Å²) < 4.78 is 13.0. The second-order valence-corrected chi connectivity index (χ2v) is 2.89. The van der Waals surface area contributed by atoms with E-state index in [-0.39, 0.29) is 11.9 Å². The summed E-state index contributed by atoms with van der Waals surface area (Å²) in [6.07, 6.45) is 2.84. The van der Waals surface area contributed by atoms with E-state index >= 15 is 0 Å². The number of pyridine rings is 1. The van der Waals surface area contributed by atoms with Gasteiger partial charge in [0.1, 0.15) is 5.82 Å². The van der Waals surface area contributed by atoms with E-state index in [1.165, 1.54) is 12.3 Å². The van der Waals surface area contributed by atoms with E-state index in [1.54, 1.807) is 0 Å². The maximum atomic E-state index is 13.0. The van der Waals surface area contributed by atoms with Crippen LogP contribution in [0.25, 0.3) is 0 Å². The molecule has 1 aromatic heterocycles. The van der Waals surface area contributed by atoms with Gasteiger partial charge in [-0.3, -0.25) is 4.98 Å². The predicted octanol–water partition coefficient (Wildman–Crippen LogP) is 0.647. The molecule has 1 aromatic rings. The van der Waals surface area contributed by atoms with Crippen LogP contribution in [0, 0.1) is 5.82 Å². The van der Waals surface area contributed by atoms with Crippen molar-refractivity contribution in [3.8, 4) is 0 Å². The lowest BCUT2D eigenvalue weighted by Gasteiger charge is -1.96. The lowest BCUT2D eigenvalue weighted by atomic mass is 10.2. The Morgan fingerprint density at radius 3 is 3.09 bits per heavy atom. The first-order chi connectivity index (χ1) is 5.27. The Hall–Kier alpha value is -0.960. The lowest BCUT2D eigenvalue weighted by molar-refractivity contribution is 0.605. The lowest BCUT2D eigenvalue weighted by Crippen LogP contribution is -2.19. The van der Waals surface area contributed by atoms with E-state index in [9.17, 15) is 4.39 Å². The number of rotatable bonds is 0. The van der Waals surface area contributed by atoms with E-state index in [2.05, 4.69) is 4.98 Å². The molecule has 1 heterocycles. The first-order valence-corrected chi connectivity index (χ1v) is 3.65. The molecule has 0 aromatic carbocycles. The molecule has 1 aliphatic rings. The number of nitrogens with two attached hydrogens (primary N) is 1. The van der Waals surface area contributed by atoms with Gasteiger partial charge in [0.15, 0.2) is 0 Å². The van der Waals surface area contributed by atoms with Gasteiger partial charge in [-0.2, -0.15) is 0 Å². The molecule has 58 valence electrons. The summed E-state index contributed by atoms with van der Waals surface area (Å²) in [5.41, 5.74) is 7.19. The van der Waals surface area contributed by atoms with Gasteiger partial charge in [-0.05, 0) is 12.5 Å². The fraction of sp³-hybridized carbons (Fsp3) is 0.375. The van der Waals surface area contributed by atoms with Crippen LogP contribution in [-0.4, -0.2) is 11.0 Å². The Morgan fingerprint density at radius 2 is 2.36 bits per heavy atom. The molecule has 0 fully saturated rings. The van der Waals surface area contributed by atoms with Crippen molar-refractivity contribution in [2.75, 3.05) is 0 Å². The summed E-state index contributed by atoms with van der Waals surface area (Å²) in [4.78, 5) is 4.05. The fourth-order valence-corrected chi connectivity index (χ4v) is 1.48. The van der Waals surface area contributed by atoms with Gasteiger partial charge in [0.2, 0.25) is 0 Å². The molecule has 3 heteroatoms. The van der Waals surface area contributed by atoms with Crippen molar-refractivity contribution in [2.45, 2.75) is 18.9 Å². The van der Waals surface area contributed by atoms with Crippen LogP contribution in [0.15, 0.2) is 12.3 Å². The molecule has 2 nitrogen and oxygen atoms in total. The topological polar surface area (TPSA) is 38.9 Å². The third-order valence-corrected chi connectivity index (χ3v) is 2.01. The first-order valence-electron chi connectivity index (χ1n) is 3.65. The molecule has 0 aliphatic heterocycles. The van der Waals surface area contributed by atoms with Gasteiger partial charge >= 0.3 is 0 Å². The minimum absolute atomic E-state index is 0.0643. The summed E-state index contributed by atoms with van der Waals surface area (Å²) >= 11 is 0. The molecule has 0 saturated carbocycles. The minimum Gasteiger partial charge on any atom is -0.327 e. The largest absolute Gasteiger partial charge is 0.327 e. The zero-order chi connectivity index (χ0) is 7.84. The highest BCUT2D eigenvalue weighted by atomic mass is 19.1. The molecule has 1 aliphatic carbocycles. The molecule has 0 radical (unpaired) electrons. The van der Waals surface area contributed by atoms with Crippen LogP contribution in [0.5, 0.6) is 0 Å². The number of hydrogen-bond acceptors (Lipinski definition) is 2. The molecule has 1 atom stereocenters. The van der Waals surface area contributed by atoms with Crippen molar-refractivity contribution in [1.82, 2.24) is 4.98 Å². The number of fused-ring (bicyclic) bond motifs is 1. The normalized spacial score (nSPS) is 21.8. The second kappa shape index (κ2) is 2.27. The van der Waals surface area contributed by atoms with Crippen LogP contribution in [0.4, 0.5) is 4.39 Å².